The molecular weight excluding hydrogens is 549 g/mol. The Morgan fingerprint density at radius 1 is 0.526 bits per heavy atom. The lowest BCUT2D eigenvalue weighted by atomic mass is 10.2. The summed E-state index contributed by atoms with van der Waals surface area (Å²) in [5, 5.41) is 7.88. The number of nitrogens with two attached hydrogens (primary N) is 2. The molecule has 10 heteroatoms. The molecule has 0 saturated heterocycles. The van der Waals surface area contributed by atoms with Crippen molar-refractivity contribution >= 4 is 80.1 Å². The van der Waals surface area contributed by atoms with Gasteiger partial charge < -0.3 is 11.5 Å². The van der Waals surface area contributed by atoms with Crippen molar-refractivity contribution in [2.45, 2.75) is 37.5 Å². The van der Waals surface area contributed by atoms with Crippen molar-refractivity contribution in [2.75, 3.05) is 11.5 Å². The second kappa shape index (κ2) is 14.1. The Kier molecular flexibility index (Phi) is 10.9. The normalized spacial score (nSPS) is 10.1. The Balaban J connectivity index is 0.000000141. The smallest absolute Gasteiger partial charge is 0.106 e. The number of nitrogens with zero attached hydrogens (tertiary/aromatic N) is 4. The SMILES string of the molecule is Cc1ccc(N)c(S)c1.Cc1ccc(S)c(N)c1.Cc1ccc2nnsc2c1.Cc1ccc2snnc2c1. The summed E-state index contributed by atoms with van der Waals surface area (Å²) in [5.41, 5.74) is 19.4. The number of hydrogen-bond donors (Lipinski definition) is 4. The van der Waals surface area contributed by atoms with Crippen LogP contribution in [0.4, 0.5) is 11.4 Å². The maximum absolute atomic E-state index is 5.54. The third kappa shape index (κ3) is 8.98. The molecule has 0 spiro atoms. The molecule has 0 fully saturated rings. The fourth-order valence-corrected chi connectivity index (χ4v) is 4.72. The van der Waals surface area contributed by atoms with Crippen LogP contribution in [0.25, 0.3) is 20.4 Å². The highest BCUT2D eigenvalue weighted by Gasteiger charge is 1.96. The van der Waals surface area contributed by atoms with Crippen LogP contribution >= 0.6 is 48.3 Å². The van der Waals surface area contributed by atoms with Gasteiger partial charge in [0.05, 0.1) is 9.40 Å². The van der Waals surface area contributed by atoms with Crippen LogP contribution in [0.2, 0.25) is 0 Å². The Morgan fingerprint density at radius 3 is 1.74 bits per heavy atom. The van der Waals surface area contributed by atoms with E-state index in [-0.39, 0.29) is 0 Å². The highest BCUT2D eigenvalue weighted by atomic mass is 32.1. The number of fused-ring (bicyclic) bond motifs is 2. The van der Waals surface area contributed by atoms with E-state index in [0.29, 0.717) is 0 Å². The number of nitrogen functional groups attached to an aromatic ring is 2. The predicted octanol–water partition coefficient (Wildman–Crippen LogP) is 7.73. The van der Waals surface area contributed by atoms with E-state index >= 15 is 0 Å². The van der Waals surface area contributed by atoms with Crippen molar-refractivity contribution in [1.82, 2.24) is 19.2 Å². The van der Waals surface area contributed by atoms with E-state index in [1.807, 2.05) is 68.4 Å². The molecule has 0 aliphatic heterocycles. The van der Waals surface area contributed by atoms with E-state index in [4.69, 9.17) is 11.5 Å². The molecule has 0 amide bonds. The standard InChI is InChI=1S/2C7H6N2S.2C7H9NS/c1-5-2-3-7-6(4-5)8-9-10-7;1-5-2-3-6-7(4-5)10-9-8-6;1-5-2-3-7(9)6(8)4-5;1-5-2-3-6(8)7(9)4-5/h2*2-4H,1H3;2*2-4,9H,8H2,1H3. The van der Waals surface area contributed by atoms with Gasteiger partial charge in [-0.15, -0.1) is 35.5 Å². The zero-order valence-electron chi connectivity index (χ0n) is 21.6. The zero-order chi connectivity index (χ0) is 27.7. The first-order valence-corrected chi connectivity index (χ1v) is 14.0. The highest BCUT2D eigenvalue weighted by Crippen LogP contribution is 2.18. The van der Waals surface area contributed by atoms with E-state index in [1.165, 1.54) is 50.0 Å². The quantitative estimate of drug-likeness (QED) is 0.109. The van der Waals surface area contributed by atoms with Gasteiger partial charge in [-0.1, -0.05) is 33.2 Å². The summed E-state index contributed by atoms with van der Waals surface area (Å²) in [7, 11) is 0. The lowest BCUT2D eigenvalue weighted by Crippen LogP contribution is -1.86. The zero-order valence-corrected chi connectivity index (χ0v) is 25.0. The summed E-state index contributed by atoms with van der Waals surface area (Å²) in [6, 6.07) is 23.9. The van der Waals surface area contributed by atoms with Gasteiger partial charge in [-0.25, -0.2) is 0 Å². The van der Waals surface area contributed by atoms with Gasteiger partial charge in [0.2, 0.25) is 0 Å². The van der Waals surface area contributed by atoms with E-state index in [0.717, 1.165) is 36.9 Å². The molecule has 38 heavy (non-hydrogen) atoms. The van der Waals surface area contributed by atoms with E-state index in [2.05, 4.69) is 76.5 Å². The number of benzene rings is 4. The maximum Gasteiger partial charge on any atom is 0.106 e. The molecule has 2 heterocycles. The summed E-state index contributed by atoms with van der Waals surface area (Å²) in [4.78, 5) is 1.70. The molecule has 6 nitrogen and oxygen atoms in total. The van der Waals surface area contributed by atoms with Crippen molar-refractivity contribution < 1.29 is 0 Å². The fourth-order valence-electron chi connectivity index (χ4n) is 3.10. The van der Waals surface area contributed by atoms with Gasteiger partial charge in [-0.05, 0) is 122 Å². The van der Waals surface area contributed by atoms with E-state index in [9.17, 15) is 0 Å². The Morgan fingerprint density at radius 2 is 1.08 bits per heavy atom. The molecule has 196 valence electrons. The van der Waals surface area contributed by atoms with Gasteiger partial charge in [-0.2, -0.15) is 0 Å². The third-order valence-corrected chi connectivity index (χ3v) is 7.36. The topological polar surface area (TPSA) is 104 Å². The van der Waals surface area contributed by atoms with Crippen LogP contribution in [0.5, 0.6) is 0 Å². The fraction of sp³-hybridized carbons (Fsp3) is 0.143. The van der Waals surface area contributed by atoms with Crippen LogP contribution < -0.4 is 11.5 Å². The van der Waals surface area contributed by atoms with Crippen LogP contribution in [0.3, 0.4) is 0 Å². The molecule has 6 aromatic rings. The molecule has 2 aromatic heterocycles. The number of thiol groups is 2. The molecule has 0 bridgehead atoms. The molecule has 0 unspecified atom stereocenters. The second-order valence-corrected chi connectivity index (χ2v) is 11.1. The molecule has 0 saturated carbocycles. The van der Waals surface area contributed by atoms with Crippen molar-refractivity contribution in [3.8, 4) is 0 Å². The summed E-state index contributed by atoms with van der Waals surface area (Å²) < 4.78 is 9.99. The van der Waals surface area contributed by atoms with Crippen LogP contribution in [-0.4, -0.2) is 19.2 Å². The first-order valence-electron chi connectivity index (χ1n) is 11.6. The molecule has 4 N–H and O–H groups in total. The molecule has 0 aliphatic rings. The van der Waals surface area contributed by atoms with Crippen LogP contribution in [-0.2, 0) is 0 Å². The summed E-state index contributed by atoms with van der Waals surface area (Å²) >= 11 is 11.1. The molecule has 6 rings (SSSR count). The highest BCUT2D eigenvalue weighted by molar-refractivity contribution is 7.80. The van der Waals surface area contributed by atoms with Crippen LogP contribution in [0.1, 0.15) is 22.3 Å². The second-order valence-electron chi connectivity index (χ2n) is 8.61. The van der Waals surface area contributed by atoms with Crippen molar-refractivity contribution in [3.63, 3.8) is 0 Å². The average molecular weight is 579 g/mol. The Bertz CT molecular complexity index is 1510. The molecule has 4 aromatic carbocycles. The van der Waals surface area contributed by atoms with E-state index < -0.39 is 0 Å². The maximum atomic E-state index is 5.54. The van der Waals surface area contributed by atoms with Gasteiger partial charge in [0.25, 0.3) is 0 Å². The molecule has 0 atom stereocenters. The van der Waals surface area contributed by atoms with Crippen molar-refractivity contribution in [2.24, 2.45) is 0 Å². The number of rotatable bonds is 0. The summed E-state index contributed by atoms with van der Waals surface area (Å²) in [6.45, 7) is 8.14. The number of hydrogen-bond acceptors (Lipinski definition) is 10. The lowest BCUT2D eigenvalue weighted by molar-refractivity contribution is 1.20. The van der Waals surface area contributed by atoms with Crippen molar-refractivity contribution in [3.05, 3.63) is 95.1 Å². The first kappa shape index (κ1) is 29.4. The minimum atomic E-state index is 0.740. The van der Waals surface area contributed by atoms with Gasteiger partial charge in [0.15, 0.2) is 0 Å². The number of aryl methyl sites for hydroxylation is 4. The van der Waals surface area contributed by atoms with Crippen LogP contribution in [0.15, 0.2) is 82.6 Å². The minimum Gasteiger partial charge on any atom is -0.398 e. The van der Waals surface area contributed by atoms with E-state index in [1.54, 1.807) is 0 Å². The first-order chi connectivity index (χ1) is 18.1. The molecule has 0 radical (unpaired) electrons. The third-order valence-electron chi connectivity index (χ3n) is 5.17. The molecule has 0 aliphatic carbocycles. The van der Waals surface area contributed by atoms with Gasteiger partial charge in [0.1, 0.15) is 11.0 Å². The Labute approximate surface area is 242 Å². The Hall–Kier alpha value is -3.18. The predicted molar refractivity (Wildman–Crippen MR) is 170 cm³/mol. The number of aromatic nitrogens is 4. The monoisotopic (exact) mass is 578 g/mol. The van der Waals surface area contributed by atoms with Crippen LogP contribution in [0, 0.1) is 27.7 Å². The summed E-state index contributed by atoms with van der Waals surface area (Å²) in [6.07, 6.45) is 0. The molecular formula is C28H30N6S4. The van der Waals surface area contributed by atoms with Gasteiger partial charge in [-0.3, -0.25) is 0 Å². The van der Waals surface area contributed by atoms with Gasteiger partial charge in [0, 0.05) is 21.2 Å². The van der Waals surface area contributed by atoms with Crippen molar-refractivity contribution in [1.29, 1.82) is 0 Å². The number of anilines is 2. The largest absolute Gasteiger partial charge is 0.398 e. The van der Waals surface area contributed by atoms with Gasteiger partial charge >= 0.3 is 0 Å². The average Bonchev–Trinajstić information content (AvgIpc) is 3.54. The minimum absolute atomic E-state index is 0.740. The summed E-state index contributed by atoms with van der Waals surface area (Å²) in [5.74, 6) is 0. The lowest BCUT2D eigenvalue weighted by Gasteiger charge is -1.97.